The molecule has 2 rings (SSSR count). The average Bonchev–Trinajstić information content (AvgIpc) is 2.38. The lowest BCUT2D eigenvalue weighted by molar-refractivity contribution is 1.13. The van der Waals surface area contributed by atoms with E-state index >= 15 is 0 Å². The Morgan fingerprint density at radius 3 is 2.56 bits per heavy atom. The normalized spacial score (nSPS) is 9.69. The summed E-state index contributed by atoms with van der Waals surface area (Å²) in [7, 11) is 3.02. The third-order valence-corrected chi connectivity index (χ3v) is 3.88. The van der Waals surface area contributed by atoms with Crippen molar-refractivity contribution in [1.29, 1.82) is 5.26 Å². The van der Waals surface area contributed by atoms with Crippen molar-refractivity contribution < 1.29 is 0 Å². The number of hydrogen-bond acceptors (Lipinski definition) is 5. The quantitative estimate of drug-likeness (QED) is 0.777. The molecule has 2 heterocycles. The molecule has 0 unspecified atom stereocenters. The molecule has 0 amide bonds. The molecule has 0 radical (unpaired) electrons. The molecule has 0 N–H and O–H groups in total. The molecule has 2 aromatic heterocycles. The van der Waals surface area contributed by atoms with Crippen LogP contribution >= 0.6 is 21.6 Å². The van der Waals surface area contributed by atoms with Gasteiger partial charge in [0.05, 0.1) is 11.6 Å². The second-order valence-electron chi connectivity index (χ2n) is 2.83. The third kappa shape index (κ3) is 2.99. The Labute approximate surface area is 101 Å². The van der Waals surface area contributed by atoms with Gasteiger partial charge in [-0.2, -0.15) is 5.26 Å². The van der Waals surface area contributed by atoms with Crippen LogP contribution in [0.5, 0.6) is 0 Å². The molecule has 2 aromatic rings. The molecule has 0 bridgehead atoms. The maximum Gasteiger partial charge on any atom is 0.108 e. The Balaban J connectivity index is 2.03. The van der Waals surface area contributed by atoms with Crippen LogP contribution < -0.4 is 0 Å². The average molecular weight is 245 g/mol. The van der Waals surface area contributed by atoms with Gasteiger partial charge in [-0.3, -0.25) is 0 Å². The van der Waals surface area contributed by atoms with Gasteiger partial charge in [0.1, 0.15) is 10.1 Å². The Morgan fingerprint density at radius 1 is 1.00 bits per heavy atom. The van der Waals surface area contributed by atoms with E-state index in [0.717, 1.165) is 10.1 Å². The summed E-state index contributed by atoms with van der Waals surface area (Å²) in [6.45, 7) is 0. The number of nitrogens with zero attached hydrogens (tertiary/aromatic N) is 3. The Kier molecular flexibility index (Phi) is 3.81. The summed E-state index contributed by atoms with van der Waals surface area (Å²) in [6.07, 6.45) is 3.39. The van der Waals surface area contributed by atoms with Crippen LogP contribution in [0.3, 0.4) is 0 Å². The number of nitriles is 1. The van der Waals surface area contributed by atoms with Gasteiger partial charge < -0.3 is 0 Å². The zero-order valence-corrected chi connectivity index (χ0v) is 9.83. The van der Waals surface area contributed by atoms with Gasteiger partial charge in [0, 0.05) is 12.4 Å². The van der Waals surface area contributed by atoms with Gasteiger partial charge >= 0.3 is 0 Å². The minimum Gasteiger partial charge on any atom is -0.249 e. The van der Waals surface area contributed by atoms with E-state index in [1.807, 2.05) is 18.2 Å². The minimum atomic E-state index is 0.624. The van der Waals surface area contributed by atoms with Crippen LogP contribution in [0.15, 0.2) is 52.8 Å². The lowest BCUT2D eigenvalue weighted by Crippen LogP contribution is -1.80. The van der Waals surface area contributed by atoms with Gasteiger partial charge in [-0.25, -0.2) is 9.97 Å². The lowest BCUT2D eigenvalue weighted by atomic mass is 10.3. The molecule has 5 heteroatoms. The first-order chi connectivity index (χ1) is 7.88. The number of aromatic nitrogens is 2. The van der Waals surface area contributed by atoms with Crippen molar-refractivity contribution in [1.82, 2.24) is 9.97 Å². The van der Waals surface area contributed by atoms with Crippen LogP contribution in [0.1, 0.15) is 5.56 Å². The topological polar surface area (TPSA) is 49.6 Å². The summed E-state index contributed by atoms with van der Waals surface area (Å²) in [5, 5.41) is 10.5. The molecule has 3 nitrogen and oxygen atoms in total. The van der Waals surface area contributed by atoms with E-state index in [2.05, 4.69) is 16.0 Å². The van der Waals surface area contributed by atoms with Crippen LogP contribution in [0.25, 0.3) is 0 Å². The zero-order chi connectivity index (χ0) is 11.2. The number of rotatable bonds is 3. The van der Waals surface area contributed by atoms with Gasteiger partial charge in [0.25, 0.3) is 0 Å². The second-order valence-corrected chi connectivity index (χ2v) is 5.00. The summed E-state index contributed by atoms with van der Waals surface area (Å²) < 4.78 is 0. The highest BCUT2D eigenvalue weighted by atomic mass is 33.1. The summed E-state index contributed by atoms with van der Waals surface area (Å²) in [4.78, 5) is 8.35. The fraction of sp³-hybridized carbons (Fsp3) is 0. The van der Waals surface area contributed by atoms with Crippen molar-refractivity contribution >= 4 is 21.6 Å². The second kappa shape index (κ2) is 5.54. The van der Waals surface area contributed by atoms with Gasteiger partial charge in [0.2, 0.25) is 0 Å². The molecular weight excluding hydrogens is 238 g/mol. The molecule has 0 saturated carbocycles. The highest BCUT2D eigenvalue weighted by Gasteiger charge is 2.00. The van der Waals surface area contributed by atoms with Gasteiger partial charge in [0.15, 0.2) is 0 Å². The van der Waals surface area contributed by atoms with E-state index < -0.39 is 0 Å². The predicted molar refractivity (Wildman–Crippen MR) is 64.9 cm³/mol. The number of pyridine rings is 2. The minimum absolute atomic E-state index is 0.624. The van der Waals surface area contributed by atoms with E-state index in [9.17, 15) is 0 Å². The van der Waals surface area contributed by atoms with E-state index in [0.29, 0.717) is 5.56 Å². The molecule has 0 aliphatic rings. The molecule has 0 atom stereocenters. The summed E-state index contributed by atoms with van der Waals surface area (Å²) >= 11 is 0. The van der Waals surface area contributed by atoms with Crippen molar-refractivity contribution in [2.75, 3.05) is 0 Å². The van der Waals surface area contributed by atoms with Crippen molar-refractivity contribution in [2.45, 2.75) is 10.1 Å². The van der Waals surface area contributed by atoms with Crippen molar-refractivity contribution in [3.05, 3.63) is 48.3 Å². The van der Waals surface area contributed by atoms with Crippen LogP contribution in [0, 0.1) is 11.3 Å². The number of hydrogen-bond donors (Lipinski definition) is 0. The maximum absolute atomic E-state index is 8.74. The maximum atomic E-state index is 8.74. The smallest absolute Gasteiger partial charge is 0.108 e. The molecular formula is C11H7N3S2. The first-order valence-corrected chi connectivity index (χ1v) is 6.65. The Morgan fingerprint density at radius 2 is 1.81 bits per heavy atom. The SMILES string of the molecule is N#Cc1ccnc(SSc2ccccn2)c1. The summed E-state index contributed by atoms with van der Waals surface area (Å²) in [6, 6.07) is 11.3. The fourth-order valence-corrected chi connectivity index (χ4v) is 2.78. The standard InChI is InChI=1S/C11H7N3S2/c12-8-9-4-6-14-11(7-9)16-15-10-3-1-2-5-13-10/h1-7H. The Hall–Kier alpha value is -1.51. The van der Waals surface area contributed by atoms with E-state index in [1.165, 1.54) is 21.6 Å². The van der Waals surface area contributed by atoms with E-state index in [4.69, 9.17) is 5.26 Å². The summed E-state index contributed by atoms with van der Waals surface area (Å²) in [5.74, 6) is 0. The molecule has 0 aromatic carbocycles. The van der Waals surface area contributed by atoms with Crippen molar-refractivity contribution in [2.24, 2.45) is 0 Å². The van der Waals surface area contributed by atoms with Crippen LogP contribution in [0.4, 0.5) is 0 Å². The van der Waals surface area contributed by atoms with Gasteiger partial charge in [-0.1, -0.05) is 6.07 Å². The van der Waals surface area contributed by atoms with Gasteiger partial charge in [-0.05, 0) is 45.9 Å². The molecule has 16 heavy (non-hydrogen) atoms. The first kappa shape index (κ1) is 11.0. The van der Waals surface area contributed by atoms with Crippen molar-refractivity contribution in [3.63, 3.8) is 0 Å². The lowest BCUT2D eigenvalue weighted by Gasteiger charge is -1.99. The monoisotopic (exact) mass is 245 g/mol. The van der Waals surface area contributed by atoms with Crippen LogP contribution in [0.2, 0.25) is 0 Å². The molecule has 0 aliphatic heterocycles. The molecule has 78 valence electrons. The zero-order valence-electron chi connectivity index (χ0n) is 8.20. The fourth-order valence-electron chi connectivity index (χ4n) is 1.01. The first-order valence-electron chi connectivity index (χ1n) is 4.50. The highest BCUT2D eigenvalue weighted by molar-refractivity contribution is 8.76. The summed E-state index contributed by atoms with van der Waals surface area (Å²) in [5.41, 5.74) is 0.624. The van der Waals surface area contributed by atoms with Crippen LogP contribution in [-0.2, 0) is 0 Å². The largest absolute Gasteiger partial charge is 0.249 e. The van der Waals surface area contributed by atoms with E-state index in [1.54, 1.807) is 24.5 Å². The van der Waals surface area contributed by atoms with Gasteiger partial charge in [-0.15, -0.1) is 0 Å². The van der Waals surface area contributed by atoms with Crippen molar-refractivity contribution in [3.8, 4) is 6.07 Å². The van der Waals surface area contributed by atoms with Crippen LogP contribution in [-0.4, -0.2) is 9.97 Å². The molecule has 0 aliphatic carbocycles. The molecule has 0 saturated heterocycles. The molecule has 0 fully saturated rings. The molecule has 0 spiro atoms. The third-order valence-electron chi connectivity index (χ3n) is 1.71. The predicted octanol–water partition coefficient (Wildman–Crippen LogP) is 3.15. The Bertz CT molecular complexity index is 508. The van der Waals surface area contributed by atoms with E-state index in [-0.39, 0.29) is 0 Å². The highest BCUT2D eigenvalue weighted by Crippen LogP contribution is 2.34.